The first-order chi connectivity index (χ1) is 16.5. The van der Waals surface area contributed by atoms with Gasteiger partial charge in [-0.25, -0.2) is 8.78 Å². The van der Waals surface area contributed by atoms with Gasteiger partial charge in [-0.15, -0.1) is 5.10 Å². The molecule has 6 nitrogen and oxygen atoms in total. The number of carbonyl (C=O) groups is 1. The van der Waals surface area contributed by atoms with E-state index in [1.807, 2.05) is 13.0 Å². The van der Waals surface area contributed by atoms with E-state index < -0.39 is 5.91 Å². The topological polar surface area (TPSA) is 65.4 Å². The summed E-state index contributed by atoms with van der Waals surface area (Å²) in [5.74, 6) is -0.590. The predicted molar refractivity (Wildman–Crippen MR) is 124 cm³/mol. The molecular formula is C26H23F2N3O3. The fourth-order valence-corrected chi connectivity index (χ4v) is 3.39. The lowest BCUT2D eigenvalue weighted by Crippen LogP contribution is -2.14. The Hall–Kier alpha value is -4.20. The second-order valence-corrected chi connectivity index (χ2v) is 7.48. The van der Waals surface area contributed by atoms with Crippen LogP contribution in [0.15, 0.2) is 79.0 Å². The average Bonchev–Trinajstić information content (AvgIpc) is 3.22. The molecular weight excluding hydrogens is 440 g/mol. The maximum absolute atomic E-state index is 13.6. The maximum atomic E-state index is 13.6. The summed E-state index contributed by atoms with van der Waals surface area (Å²) in [5, 5.41) is 7.21. The van der Waals surface area contributed by atoms with Crippen molar-refractivity contribution in [3.8, 4) is 11.6 Å². The molecule has 0 saturated heterocycles. The van der Waals surface area contributed by atoms with Crippen molar-refractivity contribution in [2.45, 2.75) is 20.1 Å². The molecule has 0 saturated carbocycles. The Bertz CT molecular complexity index is 1290. The van der Waals surface area contributed by atoms with Crippen molar-refractivity contribution in [2.24, 2.45) is 0 Å². The fraction of sp³-hybridized carbons (Fsp3) is 0.154. The van der Waals surface area contributed by atoms with Crippen LogP contribution in [0.25, 0.3) is 0 Å². The van der Waals surface area contributed by atoms with Gasteiger partial charge in [0.15, 0.2) is 0 Å². The number of rotatable bonds is 9. The van der Waals surface area contributed by atoms with Gasteiger partial charge in [0.2, 0.25) is 5.88 Å². The molecule has 0 spiro atoms. The highest BCUT2D eigenvalue weighted by Crippen LogP contribution is 2.26. The highest BCUT2D eigenvalue weighted by Gasteiger charge is 2.20. The largest absolute Gasteiger partial charge is 0.492 e. The lowest BCUT2D eigenvalue weighted by molar-refractivity contribution is 0.102. The Morgan fingerprint density at radius 3 is 2.38 bits per heavy atom. The molecule has 0 aliphatic carbocycles. The van der Waals surface area contributed by atoms with Crippen molar-refractivity contribution in [3.05, 3.63) is 107 Å². The zero-order valence-corrected chi connectivity index (χ0v) is 18.5. The molecule has 1 N–H and O–H groups in total. The molecule has 4 aromatic rings. The third kappa shape index (κ3) is 5.78. The summed E-state index contributed by atoms with van der Waals surface area (Å²) in [6.07, 6.45) is 1.53. The molecule has 0 atom stereocenters. The predicted octanol–water partition coefficient (Wildman–Crippen LogP) is 5.44. The van der Waals surface area contributed by atoms with Crippen molar-refractivity contribution in [2.75, 3.05) is 11.9 Å². The number of nitrogens with one attached hydrogen (secondary N) is 1. The normalized spacial score (nSPS) is 10.7. The number of anilines is 1. The number of para-hydroxylation sites is 2. The van der Waals surface area contributed by atoms with Gasteiger partial charge in [0.05, 0.1) is 18.8 Å². The van der Waals surface area contributed by atoms with Gasteiger partial charge in [0.1, 0.15) is 29.6 Å². The van der Waals surface area contributed by atoms with Crippen molar-refractivity contribution in [3.63, 3.8) is 0 Å². The number of aromatic nitrogens is 2. The van der Waals surface area contributed by atoms with Gasteiger partial charge < -0.3 is 14.8 Å². The molecule has 8 heteroatoms. The van der Waals surface area contributed by atoms with E-state index in [0.29, 0.717) is 29.2 Å². The van der Waals surface area contributed by atoms with Crippen molar-refractivity contribution in [1.82, 2.24) is 9.78 Å². The lowest BCUT2D eigenvalue weighted by Gasteiger charge is -2.11. The van der Waals surface area contributed by atoms with E-state index in [9.17, 15) is 13.6 Å². The summed E-state index contributed by atoms with van der Waals surface area (Å²) in [6.45, 7) is 2.55. The molecule has 34 heavy (non-hydrogen) atoms. The van der Waals surface area contributed by atoms with Crippen LogP contribution in [0.1, 0.15) is 28.4 Å². The van der Waals surface area contributed by atoms with Gasteiger partial charge in [-0.1, -0.05) is 36.4 Å². The van der Waals surface area contributed by atoms with E-state index in [-0.39, 0.29) is 36.2 Å². The molecule has 174 valence electrons. The minimum atomic E-state index is -0.452. The van der Waals surface area contributed by atoms with Gasteiger partial charge in [0.25, 0.3) is 5.91 Å². The van der Waals surface area contributed by atoms with Crippen LogP contribution in [-0.2, 0) is 13.2 Å². The summed E-state index contributed by atoms with van der Waals surface area (Å²) in [7, 11) is 0. The van der Waals surface area contributed by atoms with E-state index >= 15 is 0 Å². The minimum absolute atomic E-state index is 0.0184. The van der Waals surface area contributed by atoms with Gasteiger partial charge >= 0.3 is 0 Å². The number of hydrogen-bond donors (Lipinski definition) is 1. The first kappa shape index (κ1) is 23.0. The van der Waals surface area contributed by atoms with Gasteiger partial charge in [-0.2, -0.15) is 0 Å². The van der Waals surface area contributed by atoms with E-state index in [4.69, 9.17) is 9.47 Å². The standard InChI is InChI=1S/C26H23F2N3O3/c1-2-33-24-12-4-3-11-23(24)29-25(32)22-16-31(15-18-7-5-9-20(27)13-18)30-26(22)34-17-19-8-6-10-21(28)14-19/h3-14,16H,2,15,17H2,1H3,(H,29,32). The van der Waals surface area contributed by atoms with Crippen LogP contribution in [0, 0.1) is 11.6 Å². The molecule has 0 aliphatic rings. The van der Waals surface area contributed by atoms with Crippen LogP contribution in [0.2, 0.25) is 0 Å². The smallest absolute Gasteiger partial charge is 0.262 e. The number of benzene rings is 3. The van der Waals surface area contributed by atoms with E-state index in [1.54, 1.807) is 42.5 Å². The zero-order valence-electron chi connectivity index (χ0n) is 18.5. The van der Waals surface area contributed by atoms with Crippen molar-refractivity contribution in [1.29, 1.82) is 0 Å². The van der Waals surface area contributed by atoms with Crippen molar-refractivity contribution < 1.29 is 23.0 Å². The SMILES string of the molecule is CCOc1ccccc1NC(=O)c1cn(Cc2cccc(F)c2)nc1OCc1cccc(F)c1. The quantitative estimate of drug-likeness (QED) is 0.359. The molecule has 1 aromatic heterocycles. The molecule has 0 unspecified atom stereocenters. The summed E-state index contributed by atoms with van der Waals surface area (Å²) >= 11 is 0. The monoisotopic (exact) mass is 463 g/mol. The second kappa shape index (κ2) is 10.6. The zero-order chi connectivity index (χ0) is 23.9. The molecule has 0 radical (unpaired) electrons. The fourth-order valence-electron chi connectivity index (χ4n) is 3.39. The van der Waals surface area contributed by atoms with Crippen LogP contribution in [0.4, 0.5) is 14.5 Å². The van der Waals surface area contributed by atoms with E-state index in [1.165, 1.54) is 35.1 Å². The number of amides is 1. The Balaban J connectivity index is 1.60. The first-order valence-corrected chi connectivity index (χ1v) is 10.7. The molecule has 3 aromatic carbocycles. The molecule has 4 rings (SSSR count). The summed E-state index contributed by atoms with van der Waals surface area (Å²) in [5.41, 5.74) is 1.95. The van der Waals surface area contributed by atoms with Crippen LogP contribution >= 0.6 is 0 Å². The van der Waals surface area contributed by atoms with Crippen LogP contribution in [-0.4, -0.2) is 22.3 Å². The number of carbonyl (C=O) groups excluding carboxylic acids is 1. The average molecular weight is 463 g/mol. The summed E-state index contributed by atoms with van der Waals surface area (Å²) < 4.78 is 40.0. The van der Waals surface area contributed by atoms with E-state index in [2.05, 4.69) is 10.4 Å². The molecule has 0 aliphatic heterocycles. The molecule has 0 fully saturated rings. The number of hydrogen-bond acceptors (Lipinski definition) is 4. The molecule has 0 bridgehead atoms. The van der Waals surface area contributed by atoms with Crippen LogP contribution in [0.3, 0.4) is 0 Å². The van der Waals surface area contributed by atoms with Gasteiger partial charge in [-0.05, 0) is 54.4 Å². The molecule has 1 amide bonds. The third-order valence-electron chi connectivity index (χ3n) is 4.91. The number of ether oxygens (including phenoxy) is 2. The second-order valence-electron chi connectivity index (χ2n) is 7.48. The Kier molecular flexibility index (Phi) is 7.17. The Morgan fingerprint density at radius 2 is 1.65 bits per heavy atom. The van der Waals surface area contributed by atoms with Crippen LogP contribution in [0.5, 0.6) is 11.6 Å². The van der Waals surface area contributed by atoms with Crippen molar-refractivity contribution >= 4 is 11.6 Å². The lowest BCUT2D eigenvalue weighted by atomic mass is 10.2. The summed E-state index contributed by atoms with van der Waals surface area (Å²) in [4.78, 5) is 13.2. The number of halogens is 2. The highest BCUT2D eigenvalue weighted by atomic mass is 19.1. The van der Waals surface area contributed by atoms with Gasteiger partial charge in [-0.3, -0.25) is 9.48 Å². The molecule has 1 heterocycles. The number of nitrogens with zero attached hydrogens (tertiary/aromatic N) is 2. The van der Waals surface area contributed by atoms with Crippen LogP contribution < -0.4 is 14.8 Å². The maximum Gasteiger partial charge on any atom is 0.262 e. The Labute approximate surface area is 195 Å². The minimum Gasteiger partial charge on any atom is -0.492 e. The highest BCUT2D eigenvalue weighted by molar-refractivity contribution is 6.06. The Morgan fingerprint density at radius 1 is 0.941 bits per heavy atom. The van der Waals surface area contributed by atoms with Gasteiger partial charge in [0, 0.05) is 6.20 Å². The third-order valence-corrected chi connectivity index (χ3v) is 4.91. The van der Waals surface area contributed by atoms with E-state index in [0.717, 1.165) is 0 Å². The summed E-state index contributed by atoms with van der Waals surface area (Å²) in [6, 6.07) is 19.2. The first-order valence-electron chi connectivity index (χ1n) is 10.7.